The van der Waals surface area contributed by atoms with E-state index in [4.69, 9.17) is 5.11 Å². The van der Waals surface area contributed by atoms with Crippen LogP contribution in [0.4, 0.5) is 0 Å². The molecule has 1 heterocycles. The van der Waals surface area contributed by atoms with Gasteiger partial charge in [-0.25, -0.2) is 9.78 Å². The lowest BCUT2D eigenvalue weighted by Crippen LogP contribution is -2.11. The summed E-state index contributed by atoms with van der Waals surface area (Å²) < 4.78 is 2.27. The van der Waals surface area contributed by atoms with E-state index in [2.05, 4.69) is 36.6 Å². The highest BCUT2D eigenvalue weighted by molar-refractivity contribution is 7.98. The van der Waals surface area contributed by atoms with E-state index < -0.39 is 5.97 Å². The van der Waals surface area contributed by atoms with Crippen LogP contribution in [0.1, 0.15) is 55.3 Å². The first-order valence-electron chi connectivity index (χ1n) is 7.19. The van der Waals surface area contributed by atoms with Gasteiger partial charge in [-0.15, -0.1) is 0 Å². The molecule has 1 atom stereocenters. The van der Waals surface area contributed by atoms with Crippen LogP contribution >= 0.6 is 11.8 Å². The predicted octanol–water partition coefficient (Wildman–Crippen LogP) is 4.17. The summed E-state index contributed by atoms with van der Waals surface area (Å²) in [6.45, 7) is 6.45. The second-order valence-corrected chi connectivity index (χ2v) is 6.62. The highest BCUT2D eigenvalue weighted by atomic mass is 32.2. The molecule has 0 aliphatic rings. The Morgan fingerprint density at radius 2 is 2.10 bits per heavy atom. The van der Waals surface area contributed by atoms with Crippen molar-refractivity contribution in [3.8, 4) is 0 Å². The third kappa shape index (κ3) is 3.23. The number of aromatic carboxylic acids is 1. The molecule has 0 saturated heterocycles. The lowest BCUT2D eigenvalue weighted by Gasteiger charge is -2.19. The van der Waals surface area contributed by atoms with Crippen molar-refractivity contribution in [3.05, 3.63) is 29.6 Å². The number of carbonyl (C=O) groups is 1. The maximum absolute atomic E-state index is 11.1. The molecule has 0 spiro atoms. The van der Waals surface area contributed by atoms with Gasteiger partial charge in [0.2, 0.25) is 0 Å². The van der Waals surface area contributed by atoms with E-state index in [0.717, 1.165) is 29.0 Å². The van der Waals surface area contributed by atoms with Crippen LogP contribution in [-0.4, -0.2) is 32.6 Å². The minimum Gasteiger partial charge on any atom is -0.478 e. The summed E-state index contributed by atoms with van der Waals surface area (Å²) >= 11 is 1.84. The zero-order valence-corrected chi connectivity index (χ0v) is 13.8. The molecule has 1 unspecified atom stereocenters. The normalized spacial score (nSPS) is 13.0. The van der Waals surface area contributed by atoms with E-state index >= 15 is 0 Å². The summed E-state index contributed by atoms with van der Waals surface area (Å²) in [5.41, 5.74) is 2.09. The maximum Gasteiger partial charge on any atom is 0.335 e. The Balaban J connectivity index is 2.55. The first kappa shape index (κ1) is 15.9. The quantitative estimate of drug-likeness (QED) is 0.870. The number of hydrogen-bond donors (Lipinski definition) is 1. The van der Waals surface area contributed by atoms with Gasteiger partial charge < -0.3 is 9.67 Å². The molecule has 1 aromatic carbocycles. The lowest BCUT2D eigenvalue weighted by atomic mass is 10.1. The summed E-state index contributed by atoms with van der Waals surface area (Å²) in [7, 11) is 0. The van der Waals surface area contributed by atoms with Gasteiger partial charge in [-0.05, 0) is 43.6 Å². The second-order valence-electron chi connectivity index (χ2n) is 5.63. The van der Waals surface area contributed by atoms with Crippen LogP contribution in [0.5, 0.6) is 0 Å². The van der Waals surface area contributed by atoms with Gasteiger partial charge in [-0.3, -0.25) is 0 Å². The van der Waals surface area contributed by atoms with Crippen molar-refractivity contribution < 1.29 is 9.90 Å². The molecule has 0 aliphatic heterocycles. The van der Waals surface area contributed by atoms with Crippen molar-refractivity contribution in [2.45, 2.75) is 39.2 Å². The zero-order valence-electron chi connectivity index (χ0n) is 13.0. The van der Waals surface area contributed by atoms with Crippen molar-refractivity contribution in [3.63, 3.8) is 0 Å². The number of benzene rings is 1. The van der Waals surface area contributed by atoms with E-state index in [-0.39, 0.29) is 0 Å². The highest BCUT2D eigenvalue weighted by Crippen LogP contribution is 2.28. The summed E-state index contributed by atoms with van der Waals surface area (Å²) in [4.78, 5) is 15.8. The minimum absolute atomic E-state index is 0.291. The SMILES string of the molecule is CSCCC(C)n1c(C(C)C)nc2cc(C(=O)O)ccc21. The number of thioether (sulfide) groups is 1. The molecule has 0 amide bonds. The van der Waals surface area contributed by atoms with Crippen LogP contribution in [0.2, 0.25) is 0 Å². The Morgan fingerprint density at radius 1 is 1.38 bits per heavy atom. The number of nitrogens with zero attached hydrogens (tertiary/aromatic N) is 2. The van der Waals surface area contributed by atoms with Crippen molar-refractivity contribution in [2.75, 3.05) is 12.0 Å². The minimum atomic E-state index is -0.909. The van der Waals surface area contributed by atoms with Gasteiger partial charge in [0.1, 0.15) is 5.82 Å². The molecule has 1 aromatic heterocycles. The molecule has 5 heteroatoms. The lowest BCUT2D eigenvalue weighted by molar-refractivity contribution is 0.0697. The molecule has 0 saturated carbocycles. The van der Waals surface area contributed by atoms with Crippen LogP contribution in [0.15, 0.2) is 18.2 Å². The monoisotopic (exact) mass is 306 g/mol. The first-order valence-corrected chi connectivity index (χ1v) is 8.59. The second kappa shape index (κ2) is 6.52. The third-order valence-corrected chi connectivity index (χ3v) is 4.30. The Labute approximate surface area is 129 Å². The Morgan fingerprint density at radius 3 is 2.67 bits per heavy atom. The fraction of sp³-hybridized carbons (Fsp3) is 0.500. The van der Waals surface area contributed by atoms with Gasteiger partial charge >= 0.3 is 5.97 Å². The van der Waals surface area contributed by atoms with Crippen molar-refractivity contribution in [1.29, 1.82) is 0 Å². The maximum atomic E-state index is 11.1. The summed E-state index contributed by atoms with van der Waals surface area (Å²) in [5.74, 6) is 1.53. The number of aromatic nitrogens is 2. The van der Waals surface area contributed by atoms with Gasteiger partial charge in [0.05, 0.1) is 16.6 Å². The van der Waals surface area contributed by atoms with Crippen molar-refractivity contribution in [1.82, 2.24) is 9.55 Å². The van der Waals surface area contributed by atoms with Crippen LogP contribution < -0.4 is 0 Å². The van der Waals surface area contributed by atoms with Crippen molar-refractivity contribution in [2.24, 2.45) is 0 Å². The van der Waals surface area contributed by atoms with Crippen LogP contribution in [0, 0.1) is 0 Å². The van der Waals surface area contributed by atoms with Crippen molar-refractivity contribution >= 4 is 28.8 Å². The van der Waals surface area contributed by atoms with Gasteiger partial charge in [0.25, 0.3) is 0 Å². The van der Waals surface area contributed by atoms with E-state index in [1.54, 1.807) is 12.1 Å². The van der Waals surface area contributed by atoms with Gasteiger partial charge in [-0.2, -0.15) is 11.8 Å². The van der Waals surface area contributed by atoms with Crippen LogP contribution in [-0.2, 0) is 0 Å². The molecule has 0 radical (unpaired) electrons. The van der Waals surface area contributed by atoms with E-state index in [9.17, 15) is 4.79 Å². The van der Waals surface area contributed by atoms with Gasteiger partial charge in [0.15, 0.2) is 0 Å². The number of carboxylic acid groups (broad SMARTS) is 1. The Hall–Kier alpha value is -1.49. The average Bonchev–Trinajstić information content (AvgIpc) is 2.83. The van der Waals surface area contributed by atoms with Gasteiger partial charge in [0, 0.05) is 12.0 Å². The zero-order chi connectivity index (χ0) is 15.6. The number of hydrogen-bond acceptors (Lipinski definition) is 3. The molecular formula is C16H22N2O2S. The number of fused-ring (bicyclic) bond motifs is 1. The average molecular weight is 306 g/mol. The van der Waals surface area contributed by atoms with Crippen LogP contribution in [0.25, 0.3) is 11.0 Å². The van der Waals surface area contributed by atoms with E-state index in [1.165, 1.54) is 0 Å². The molecule has 0 fully saturated rings. The summed E-state index contributed by atoms with van der Waals surface area (Å²) in [6.07, 6.45) is 3.19. The molecule has 114 valence electrons. The molecule has 2 aromatic rings. The number of imidazole rings is 1. The molecular weight excluding hydrogens is 284 g/mol. The number of rotatable bonds is 6. The fourth-order valence-electron chi connectivity index (χ4n) is 2.54. The van der Waals surface area contributed by atoms with E-state index in [1.807, 2.05) is 17.8 Å². The first-order chi connectivity index (χ1) is 9.95. The summed E-state index contributed by atoms with van der Waals surface area (Å²) in [5, 5.41) is 9.12. The molecule has 21 heavy (non-hydrogen) atoms. The largest absolute Gasteiger partial charge is 0.478 e. The predicted molar refractivity (Wildman–Crippen MR) is 88.5 cm³/mol. The standard InChI is InChI=1S/C16H22N2O2S/c1-10(2)15-17-13-9-12(16(19)20)5-6-14(13)18(15)11(3)7-8-21-4/h5-6,9-11H,7-8H2,1-4H3,(H,19,20). The smallest absolute Gasteiger partial charge is 0.335 e. The Kier molecular flexibility index (Phi) is 4.93. The molecule has 0 aliphatic carbocycles. The topological polar surface area (TPSA) is 55.1 Å². The molecule has 0 bridgehead atoms. The highest BCUT2D eigenvalue weighted by Gasteiger charge is 2.18. The fourth-order valence-corrected chi connectivity index (χ4v) is 3.12. The molecule has 4 nitrogen and oxygen atoms in total. The molecule has 2 rings (SSSR count). The van der Waals surface area contributed by atoms with E-state index in [0.29, 0.717) is 17.5 Å². The third-order valence-electron chi connectivity index (χ3n) is 3.66. The molecule has 1 N–H and O–H groups in total. The number of carboxylic acids is 1. The summed E-state index contributed by atoms with van der Waals surface area (Å²) in [6, 6.07) is 5.57. The Bertz CT molecular complexity index is 649. The van der Waals surface area contributed by atoms with Crippen LogP contribution in [0.3, 0.4) is 0 Å². The van der Waals surface area contributed by atoms with Gasteiger partial charge in [-0.1, -0.05) is 13.8 Å².